The fraction of sp³-hybridized carbons (Fsp3) is 0.323. The van der Waals surface area contributed by atoms with E-state index in [0.717, 1.165) is 5.56 Å². The topological polar surface area (TPSA) is 102 Å². The molecule has 0 spiro atoms. The van der Waals surface area contributed by atoms with Gasteiger partial charge >= 0.3 is 0 Å². The summed E-state index contributed by atoms with van der Waals surface area (Å²) in [4.78, 5) is 43.7. The maximum absolute atomic E-state index is 14.0. The number of anilines is 1. The van der Waals surface area contributed by atoms with Gasteiger partial charge in [0.05, 0.1) is 5.41 Å². The zero-order valence-electron chi connectivity index (χ0n) is 22.6. The number of aromatic nitrogens is 1. The molecule has 0 saturated carbocycles. The molecule has 4 unspecified atom stereocenters. The van der Waals surface area contributed by atoms with E-state index in [0.29, 0.717) is 16.3 Å². The van der Waals surface area contributed by atoms with E-state index in [4.69, 9.17) is 0 Å². The first-order valence-corrected chi connectivity index (χ1v) is 14.1. The molecule has 39 heavy (non-hydrogen) atoms. The largest absolute Gasteiger partial charge is 0.301 e. The van der Waals surface area contributed by atoms with Crippen LogP contribution in [0, 0.1) is 21.4 Å². The Morgan fingerprint density at radius 3 is 2.49 bits per heavy atom. The molecule has 2 aromatic carbocycles. The Morgan fingerprint density at radius 2 is 1.77 bits per heavy atom. The number of fused-ring (bicyclic) bond motifs is 6. The molecular weight excluding hydrogens is 510 g/mol. The van der Waals surface area contributed by atoms with E-state index in [1.54, 1.807) is 29.6 Å². The van der Waals surface area contributed by atoms with Crippen LogP contribution in [0.4, 0.5) is 5.13 Å². The van der Waals surface area contributed by atoms with E-state index in [1.807, 2.05) is 82.3 Å². The van der Waals surface area contributed by atoms with Gasteiger partial charge in [0.1, 0.15) is 5.69 Å². The molecule has 0 fully saturated rings. The first-order chi connectivity index (χ1) is 18.8. The third-order valence-corrected chi connectivity index (χ3v) is 8.41. The minimum Gasteiger partial charge on any atom is -0.301 e. The van der Waals surface area contributed by atoms with Crippen molar-refractivity contribution in [2.75, 3.05) is 5.32 Å². The van der Waals surface area contributed by atoms with Crippen LogP contribution in [0.15, 0.2) is 84.3 Å². The average molecular weight is 544 g/mol. The molecular formula is C31H33N3O4S. The number of thiazole rings is 1. The molecule has 1 N–H and O–H groups in total. The van der Waals surface area contributed by atoms with Crippen LogP contribution in [0.5, 0.6) is 0 Å². The molecule has 0 radical (unpaired) electrons. The minimum atomic E-state index is -1.43. The number of rotatable bonds is 5. The van der Waals surface area contributed by atoms with Crippen molar-refractivity contribution in [2.24, 2.45) is 11.3 Å². The van der Waals surface area contributed by atoms with Crippen molar-refractivity contribution < 1.29 is 14.5 Å². The molecule has 5 rings (SSSR count). The predicted octanol–water partition coefficient (Wildman–Crippen LogP) is 7.16. The monoisotopic (exact) mass is 543 g/mol. The van der Waals surface area contributed by atoms with Crippen LogP contribution in [-0.2, 0) is 10.3 Å². The maximum atomic E-state index is 14.0. The summed E-state index contributed by atoms with van der Waals surface area (Å²) in [6.45, 7) is 7.86. The van der Waals surface area contributed by atoms with E-state index < -0.39 is 11.0 Å². The highest BCUT2D eigenvalue weighted by atomic mass is 32.1. The first-order valence-electron chi connectivity index (χ1n) is 13.2. The van der Waals surface area contributed by atoms with Crippen molar-refractivity contribution >= 4 is 28.2 Å². The van der Waals surface area contributed by atoms with Crippen LogP contribution >= 0.6 is 11.3 Å². The molecule has 2 bridgehead atoms. The Labute approximate surface area is 232 Å². The minimum absolute atomic E-state index is 0.0458. The van der Waals surface area contributed by atoms with Gasteiger partial charge in [-0.05, 0) is 18.4 Å². The average Bonchev–Trinajstić information content (AvgIpc) is 3.42. The zero-order chi connectivity index (χ0) is 28.2. The summed E-state index contributed by atoms with van der Waals surface area (Å²) in [7, 11) is 0. The van der Waals surface area contributed by atoms with Gasteiger partial charge in [-0.25, -0.2) is 4.98 Å². The number of nitro groups is 1. The van der Waals surface area contributed by atoms with Crippen molar-refractivity contribution in [3.63, 3.8) is 0 Å². The van der Waals surface area contributed by atoms with Crippen LogP contribution in [0.25, 0.3) is 0 Å². The summed E-state index contributed by atoms with van der Waals surface area (Å²) in [5.74, 6) is -0.912. The van der Waals surface area contributed by atoms with Gasteiger partial charge in [-0.3, -0.25) is 19.7 Å². The highest BCUT2D eigenvalue weighted by Crippen LogP contribution is 2.58. The summed E-state index contributed by atoms with van der Waals surface area (Å²) in [5, 5.41) is 17.5. The van der Waals surface area contributed by atoms with E-state index >= 15 is 0 Å². The van der Waals surface area contributed by atoms with Gasteiger partial charge in [-0.1, -0.05) is 99.7 Å². The van der Waals surface area contributed by atoms with Crippen molar-refractivity contribution in [1.82, 2.24) is 4.98 Å². The molecule has 3 aromatic rings. The van der Waals surface area contributed by atoms with E-state index in [2.05, 4.69) is 10.3 Å². The number of hydrogen-bond acceptors (Lipinski definition) is 6. The van der Waals surface area contributed by atoms with Crippen molar-refractivity contribution in [3.8, 4) is 0 Å². The SMILES string of the molecule is CC.CC1/C=C\C=C/CC2([N+](=O)[O-])CC(C)(C(=O)Nc3nc(C(=O)c4ccccc4)cs3)C1c1ccccc12. The smallest absolute Gasteiger partial charge is 0.251 e. The van der Waals surface area contributed by atoms with Gasteiger partial charge in [0.25, 0.3) is 5.54 Å². The summed E-state index contributed by atoms with van der Waals surface area (Å²) in [5.41, 5.74) is -0.274. The van der Waals surface area contributed by atoms with Gasteiger partial charge in [-0.2, -0.15) is 0 Å². The third kappa shape index (κ3) is 5.08. The fourth-order valence-electron chi connectivity index (χ4n) is 5.96. The molecule has 0 aliphatic heterocycles. The Bertz CT molecular complexity index is 1430. The van der Waals surface area contributed by atoms with Gasteiger partial charge in [0.2, 0.25) is 11.7 Å². The van der Waals surface area contributed by atoms with E-state index in [-0.39, 0.29) is 47.0 Å². The zero-order valence-corrected chi connectivity index (χ0v) is 23.4. The fourth-order valence-corrected chi connectivity index (χ4v) is 6.64. The summed E-state index contributed by atoms with van der Waals surface area (Å²) in [6.07, 6.45) is 7.84. The summed E-state index contributed by atoms with van der Waals surface area (Å²) >= 11 is 1.17. The van der Waals surface area contributed by atoms with Gasteiger partial charge < -0.3 is 5.32 Å². The molecule has 1 amide bonds. The summed E-state index contributed by atoms with van der Waals surface area (Å²) < 4.78 is 0. The van der Waals surface area contributed by atoms with Crippen LogP contribution in [-0.4, -0.2) is 21.6 Å². The lowest BCUT2D eigenvalue weighted by molar-refractivity contribution is -0.584. The Hall–Kier alpha value is -3.91. The lowest BCUT2D eigenvalue weighted by Crippen LogP contribution is -2.53. The lowest BCUT2D eigenvalue weighted by atomic mass is 9.54. The highest BCUT2D eigenvalue weighted by Gasteiger charge is 2.61. The second-order valence-electron chi connectivity index (χ2n) is 10.0. The number of carbonyl (C=O) groups excluding carboxylic acids is 2. The molecule has 7 nitrogen and oxygen atoms in total. The normalized spacial score (nSPS) is 26.8. The first kappa shape index (κ1) is 28.1. The number of benzene rings is 2. The molecule has 202 valence electrons. The molecule has 8 heteroatoms. The van der Waals surface area contributed by atoms with Crippen molar-refractivity contribution in [1.29, 1.82) is 0 Å². The number of hydrogen-bond donors (Lipinski definition) is 1. The third-order valence-electron chi connectivity index (χ3n) is 7.65. The quantitative estimate of drug-likeness (QED) is 0.209. The molecule has 1 heterocycles. The lowest BCUT2D eigenvalue weighted by Gasteiger charge is -2.48. The second-order valence-corrected chi connectivity index (χ2v) is 10.9. The van der Waals surface area contributed by atoms with Crippen LogP contribution in [0.1, 0.15) is 73.6 Å². The number of amides is 1. The number of ketones is 1. The van der Waals surface area contributed by atoms with Crippen LogP contribution in [0.3, 0.4) is 0 Å². The van der Waals surface area contributed by atoms with Crippen LogP contribution in [0.2, 0.25) is 0 Å². The molecule has 2 aliphatic rings. The van der Waals surface area contributed by atoms with Crippen LogP contribution < -0.4 is 5.32 Å². The number of nitrogens with zero attached hydrogens (tertiary/aromatic N) is 2. The van der Waals surface area contributed by atoms with Gasteiger partial charge in [-0.15, -0.1) is 11.3 Å². The number of nitrogens with one attached hydrogen (secondary N) is 1. The van der Waals surface area contributed by atoms with E-state index in [1.165, 1.54) is 11.3 Å². The molecule has 1 aromatic heterocycles. The van der Waals surface area contributed by atoms with Crippen molar-refractivity contribution in [2.45, 2.75) is 52.0 Å². The van der Waals surface area contributed by atoms with Gasteiger partial charge in [0.15, 0.2) is 5.13 Å². The van der Waals surface area contributed by atoms with Crippen molar-refractivity contribution in [3.05, 3.63) is 117 Å². The van der Waals surface area contributed by atoms with E-state index in [9.17, 15) is 19.7 Å². The Balaban J connectivity index is 0.00000172. The summed E-state index contributed by atoms with van der Waals surface area (Å²) in [6, 6.07) is 16.3. The Morgan fingerprint density at radius 1 is 1.08 bits per heavy atom. The predicted molar refractivity (Wildman–Crippen MR) is 155 cm³/mol. The molecule has 2 aliphatic carbocycles. The second kappa shape index (κ2) is 11.5. The van der Waals surface area contributed by atoms with Gasteiger partial charge in [0, 0.05) is 40.2 Å². The molecule has 4 atom stereocenters. The highest BCUT2D eigenvalue weighted by molar-refractivity contribution is 7.14. The number of carbonyl (C=O) groups is 2. The number of allylic oxidation sites excluding steroid dienone is 3. The Kier molecular flexibility index (Phi) is 8.25. The molecule has 0 saturated heterocycles. The maximum Gasteiger partial charge on any atom is 0.251 e. The standard InChI is InChI=1S/C29H27N3O4S.C2H6/c1-19-11-5-4-10-16-29(32(35)36)18-28(2,24(19)21-14-8-9-15-22(21)29)26(34)31-27-30-23(17-37-27)25(33)20-12-6-3-7-13-20;1-2/h3-15,17,19,24H,16,18H2,1-2H3,(H,30,31,34);1-2H3/b10-4-,11-5-;.